The molecule has 5 heteroatoms. The van der Waals surface area contributed by atoms with Crippen LogP contribution in [0.5, 0.6) is 0 Å². The molecule has 0 aliphatic carbocycles. The van der Waals surface area contributed by atoms with Gasteiger partial charge in [0.05, 0.1) is 36.7 Å². The van der Waals surface area contributed by atoms with Gasteiger partial charge in [0, 0.05) is 6.54 Å². The Labute approximate surface area is 172 Å². The average molecular weight is 392 g/mol. The van der Waals surface area contributed by atoms with Crippen molar-refractivity contribution in [3.63, 3.8) is 0 Å². The van der Waals surface area contributed by atoms with Gasteiger partial charge < -0.3 is 10.1 Å². The van der Waals surface area contributed by atoms with Gasteiger partial charge in [0.15, 0.2) is 0 Å². The van der Waals surface area contributed by atoms with E-state index in [1.165, 1.54) is 0 Å². The summed E-state index contributed by atoms with van der Waals surface area (Å²) in [5.74, 6) is -0.0926. The highest BCUT2D eigenvalue weighted by Crippen LogP contribution is 2.13. The largest absolute Gasteiger partial charge is 0.374 e. The van der Waals surface area contributed by atoms with Crippen LogP contribution >= 0.6 is 0 Å². The van der Waals surface area contributed by atoms with Crippen LogP contribution in [0.25, 0.3) is 0 Å². The van der Waals surface area contributed by atoms with Gasteiger partial charge in [-0.1, -0.05) is 61.5 Å². The number of rotatable bonds is 9. The van der Waals surface area contributed by atoms with E-state index in [1.807, 2.05) is 61.9 Å². The minimum absolute atomic E-state index is 0.0926. The molecule has 0 aliphatic rings. The fraction of sp³-hybridized carbons (Fsp3) is 0.333. The first-order valence-electron chi connectivity index (χ1n) is 10.1. The highest BCUT2D eigenvalue weighted by atomic mass is 16.5. The van der Waals surface area contributed by atoms with Crippen LogP contribution in [0.15, 0.2) is 60.8 Å². The molecule has 3 aromatic rings. The van der Waals surface area contributed by atoms with Gasteiger partial charge in [0.25, 0.3) is 5.91 Å². The number of carbonyl (C=O) groups is 1. The van der Waals surface area contributed by atoms with Gasteiger partial charge in [-0.2, -0.15) is 5.10 Å². The van der Waals surface area contributed by atoms with Crippen molar-refractivity contribution in [3.05, 3.63) is 88.7 Å². The molecule has 1 aromatic heterocycles. The van der Waals surface area contributed by atoms with Gasteiger partial charge in [0.2, 0.25) is 0 Å². The molecule has 0 fully saturated rings. The maximum absolute atomic E-state index is 12.8. The minimum atomic E-state index is -0.0926. The monoisotopic (exact) mass is 391 g/mol. The summed E-state index contributed by atoms with van der Waals surface area (Å²) in [6.07, 6.45) is 2.61. The summed E-state index contributed by atoms with van der Waals surface area (Å²) in [4.78, 5) is 12.8. The number of amides is 1. The normalized spacial score (nSPS) is 11.0. The fourth-order valence-electron chi connectivity index (χ4n) is 3.24. The molecule has 29 heavy (non-hydrogen) atoms. The summed E-state index contributed by atoms with van der Waals surface area (Å²) in [7, 11) is 0. The Morgan fingerprint density at radius 3 is 2.52 bits per heavy atom. The number of nitrogens with one attached hydrogen (secondary N) is 1. The summed E-state index contributed by atoms with van der Waals surface area (Å²) >= 11 is 0. The topological polar surface area (TPSA) is 56.1 Å². The molecule has 1 amide bonds. The van der Waals surface area contributed by atoms with Crippen LogP contribution in [-0.2, 0) is 30.9 Å². The van der Waals surface area contributed by atoms with Crippen LogP contribution in [0.2, 0.25) is 0 Å². The van der Waals surface area contributed by atoms with E-state index in [2.05, 4.69) is 28.6 Å². The second-order valence-electron chi connectivity index (χ2n) is 7.36. The number of benzene rings is 2. The third-order valence-corrected chi connectivity index (χ3v) is 4.73. The van der Waals surface area contributed by atoms with Crippen molar-refractivity contribution in [1.82, 2.24) is 15.1 Å². The van der Waals surface area contributed by atoms with Crippen LogP contribution < -0.4 is 5.32 Å². The molecule has 5 nitrogen and oxygen atoms in total. The van der Waals surface area contributed by atoms with Crippen molar-refractivity contribution in [1.29, 1.82) is 0 Å². The summed E-state index contributed by atoms with van der Waals surface area (Å²) in [5.41, 5.74) is 4.92. The quantitative estimate of drug-likeness (QED) is 0.590. The summed E-state index contributed by atoms with van der Waals surface area (Å²) < 4.78 is 7.57. The molecule has 3 rings (SSSR count). The van der Waals surface area contributed by atoms with E-state index in [4.69, 9.17) is 4.74 Å². The molecule has 152 valence electrons. The molecule has 0 atom stereocenters. The molecule has 0 aliphatic heterocycles. The summed E-state index contributed by atoms with van der Waals surface area (Å²) in [6, 6.07) is 18.3. The number of nitrogens with zero attached hydrogens (tertiary/aromatic N) is 2. The summed E-state index contributed by atoms with van der Waals surface area (Å²) in [6.45, 7) is 7.80. The van der Waals surface area contributed by atoms with Gasteiger partial charge in [-0.25, -0.2) is 0 Å². The number of hydrogen-bond donors (Lipinski definition) is 1. The lowest BCUT2D eigenvalue weighted by Gasteiger charge is -2.10. The van der Waals surface area contributed by atoms with E-state index in [1.54, 1.807) is 6.20 Å². The number of carbonyl (C=O) groups excluding carboxylic acids is 1. The van der Waals surface area contributed by atoms with Crippen LogP contribution in [-0.4, -0.2) is 21.8 Å². The lowest BCUT2D eigenvalue weighted by molar-refractivity contribution is 0.0657. The maximum atomic E-state index is 12.8. The molecule has 0 radical (unpaired) electrons. The molecule has 0 unspecified atom stereocenters. The van der Waals surface area contributed by atoms with E-state index < -0.39 is 0 Å². The van der Waals surface area contributed by atoms with Crippen LogP contribution in [0.3, 0.4) is 0 Å². The minimum Gasteiger partial charge on any atom is -0.374 e. The van der Waals surface area contributed by atoms with Gasteiger partial charge in [0.1, 0.15) is 0 Å². The highest BCUT2D eigenvalue weighted by molar-refractivity contribution is 5.95. The zero-order valence-electron chi connectivity index (χ0n) is 17.4. The second kappa shape index (κ2) is 10.0. The smallest absolute Gasteiger partial charge is 0.255 e. The Balaban J connectivity index is 1.64. The predicted molar refractivity (Wildman–Crippen MR) is 115 cm³/mol. The highest BCUT2D eigenvalue weighted by Gasteiger charge is 2.16. The van der Waals surface area contributed by atoms with Crippen molar-refractivity contribution >= 4 is 5.91 Å². The van der Waals surface area contributed by atoms with Crippen molar-refractivity contribution < 1.29 is 9.53 Å². The lowest BCUT2D eigenvalue weighted by Crippen LogP contribution is -2.24. The Morgan fingerprint density at radius 1 is 1.07 bits per heavy atom. The molecule has 2 aromatic carbocycles. The number of hydrogen-bond acceptors (Lipinski definition) is 3. The SMILES string of the molecule is CCc1c(C(=O)NCc2cccc(COC(C)C)c2)cnn1Cc1ccccc1. The van der Waals surface area contributed by atoms with Gasteiger partial charge in [-0.05, 0) is 37.0 Å². The average Bonchev–Trinajstić information content (AvgIpc) is 3.14. The zero-order chi connectivity index (χ0) is 20.6. The van der Waals surface area contributed by atoms with Crippen molar-refractivity contribution in [3.8, 4) is 0 Å². The van der Waals surface area contributed by atoms with Gasteiger partial charge in [-0.15, -0.1) is 0 Å². The number of ether oxygens (including phenoxy) is 1. The molecular formula is C24H29N3O2. The van der Waals surface area contributed by atoms with Crippen LogP contribution in [0.1, 0.15) is 53.5 Å². The number of aromatic nitrogens is 2. The van der Waals surface area contributed by atoms with Gasteiger partial charge in [-0.3, -0.25) is 9.48 Å². The molecule has 0 spiro atoms. The van der Waals surface area contributed by atoms with E-state index in [0.717, 1.165) is 28.8 Å². The van der Waals surface area contributed by atoms with Crippen molar-refractivity contribution in [2.45, 2.75) is 53.0 Å². The van der Waals surface area contributed by atoms with Crippen LogP contribution in [0.4, 0.5) is 0 Å². The molecule has 0 saturated heterocycles. The second-order valence-corrected chi connectivity index (χ2v) is 7.36. The van der Waals surface area contributed by atoms with Crippen molar-refractivity contribution in [2.24, 2.45) is 0 Å². The molecule has 1 N–H and O–H groups in total. The van der Waals surface area contributed by atoms with E-state index in [0.29, 0.717) is 25.3 Å². The van der Waals surface area contributed by atoms with Crippen LogP contribution in [0, 0.1) is 0 Å². The standard InChI is InChI=1S/C24H29N3O2/c1-4-23-22(15-26-27(23)16-19-9-6-5-7-10-19)24(28)25-14-20-11-8-12-21(13-20)17-29-18(2)3/h5-13,15,18H,4,14,16-17H2,1-3H3,(H,25,28). The Kier molecular flexibility index (Phi) is 7.19. The first kappa shape index (κ1) is 20.8. The molecule has 0 saturated carbocycles. The lowest BCUT2D eigenvalue weighted by atomic mass is 10.1. The fourth-order valence-corrected chi connectivity index (χ4v) is 3.24. The third kappa shape index (κ3) is 5.78. The Bertz CT molecular complexity index is 932. The molecule has 0 bridgehead atoms. The Hall–Kier alpha value is -2.92. The summed E-state index contributed by atoms with van der Waals surface area (Å²) in [5, 5.41) is 7.48. The molecule has 1 heterocycles. The third-order valence-electron chi connectivity index (χ3n) is 4.73. The first-order chi connectivity index (χ1) is 14.1. The maximum Gasteiger partial charge on any atom is 0.255 e. The zero-order valence-corrected chi connectivity index (χ0v) is 17.4. The Morgan fingerprint density at radius 2 is 1.79 bits per heavy atom. The van der Waals surface area contributed by atoms with Gasteiger partial charge >= 0.3 is 0 Å². The predicted octanol–water partition coefficient (Wildman–Crippen LogP) is 4.35. The first-order valence-corrected chi connectivity index (χ1v) is 10.1. The van der Waals surface area contributed by atoms with E-state index in [9.17, 15) is 4.79 Å². The molecular weight excluding hydrogens is 362 g/mol. The van der Waals surface area contributed by atoms with Crippen molar-refractivity contribution in [2.75, 3.05) is 0 Å². The van der Waals surface area contributed by atoms with E-state index in [-0.39, 0.29) is 12.0 Å². The van der Waals surface area contributed by atoms with E-state index >= 15 is 0 Å².